The van der Waals surface area contributed by atoms with Crippen LogP contribution in [0.3, 0.4) is 0 Å². The van der Waals surface area contributed by atoms with Gasteiger partial charge in [-0.1, -0.05) is 6.92 Å². The van der Waals surface area contributed by atoms with E-state index in [1.165, 1.54) is 0 Å². The lowest BCUT2D eigenvalue weighted by Gasteiger charge is -2.45. The molecule has 5 heterocycles. The van der Waals surface area contributed by atoms with Crippen LogP contribution >= 0.6 is 0 Å². The standard InChI is InChI=1S/C29H34N8O4/c1-2-22-27(32-19-7-13-40-14-8-19)35-28(25(34-22)26(30)38)33-20-3-4-23-24(15-20)41-17-21-16-36(11-12-37(21)23)29(39)18-5-9-31-10-6-18/h3-6,9-10,15,19,21H,2,7-8,11-14,16-17H2,1H3,(H2,30,38)(H2,32,33,35). The number of hydrogen-bond donors (Lipinski definition) is 3. The number of piperazine rings is 1. The fraction of sp³-hybridized carbons (Fsp3) is 0.414. The van der Waals surface area contributed by atoms with E-state index in [-0.39, 0.29) is 23.7 Å². The molecule has 2 saturated heterocycles. The summed E-state index contributed by atoms with van der Waals surface area (Å²) in [6.45, 7) is 5.70. The van der Waals surface area contributed by atoms with Crippen molar-refractivity contribution in [3.05, 3.63) is 59.7 Å². The van der Waals surface area contributed by atoms with Crippen molar-refractivity contribution in [2.75, 3.05) is 55.0 Å². The Morgan fingerprint density at radius 2 is 1.88 bits per heavy atom. The molecular weight excluding hydrogens is 524 g/mol. The third-order valence-corrected chi connectivity index (χ3v) is 7.76. The number of benzene rings is 1. The molecule has 3 aliphatic heterocycles. The molecule has 1 unspecified atom stereocenters. The van der Waals surface area contributed by atoms with Crippen LogP contribution in [0.2, 0.25) is 0 Å². The van der Waals surface area contributed by atoms with Gasteiger partial charge in [0.2, 0.25) is 0 Å². The summed E-state index contributed by atoms with van der Waals surface area (Å²) in [5.41, 5.74) is 8.78. The van der Waals surface area contributed by atoms with Crippen molar-refractivity contribution in [2.45, 2.75) is 38.3 Å². The summed E-state index contributed by atoms with van der Waals surface area (Å²) in [4.78, 5) is 42.8. The van der Waals surface area contributed by atoms with Crippen molar-refractivity contribution in [1.29, 1.82) is 0 Å². The third-order valence-electron chi connectivity index (χ3n) is 7.76. The molecule has 12 nitrogen and oxygen atoms in total. The van der Waals surface area contributed by atoms with Gasteiger partial charge in [0.25, 0.3) is 11.8 Å². The molecule has 2 fully saturated rings. The number of pyridine rings is 1. The summed E-state index contributed by atoms with van der Waals surface area (Å²) >= 11 is 0. The maximum Gasteiger partial charge on any atom is 0.271 e. The summed E-state index contributed by atoms with van der Waals surface area (Å²) in [7, 11) is 0. The number of aromatic nitrogens is 3. The average Bonchev–Trinajstić information content (AvgIpc) is 3.01. The lowest BCUT2D eigenvalue weighted by molar-refractivity contribution is 0.0695. The zero-order valence-electron chi connectivity index (χ0n) is 23.0. The van der Waals surface area contributed by atoms with Crippen LogP contribution in [0.4, 0.5) is 23.0 Å². The van der Waals surface area contributed by atoms with Crippen molar-refractivity contribution in [3.63, 3.8) is 0 Å². The monoisotopic (exact) mass is 558 g/mol. The molecule has 0 saturated carbocycles. The first-order valence-electron chi connectivity index (χ1n) is 14.0. The Kier molecular flexibility index (Phi) is 7.55. The fourth-order valence-corrected chi connectivity index (χ4v) is 5.57. The van der Waals surface area contributed by atoms with Crippen molar-refractivity contribution < 1.29 is 19.1 Å². The first kappa shape index (κ1) is 26.8. The van der Waals surface area contributed by atoms with Crippen LogP contribution in [0.15, 0.2) is 42.7 Å². The number of aryl methyl sites for hydroxylation is 1. The van der Waals surface area contributed by atoms with Crippen molar-refractivity contribution in [3.8, 4) is 5.75 Å². The Morgan fingerprint density at radius 3 is 2.63 bits per heavy atom. The smallest absolute Gasteiger partial charge is 0.271 e. The first-order chi connectivity index (χ1) is 20.0. The predicted octanol–water partition coefficient (Wildman–Crippen LogP) is 2.59. The number of fused-ring (bicyclic) bond motifs is 3. The van der Waals surface area contributed by atoms with E-state index in [4.69, 9.17) is 20.2 Å². The number of carbonyl (C=O) groups is 2. The number of anilines is 4. The molecular formula is C29H34N8O4. The minimum Gasteiger partial charge on any atom is -0.489 e. The van der Waals surface area contributed by atoms with E-state index in [2.05, 4.69) is 25.5 Å². The van der Waals surface area contributed by atoms with Gasteiger partial charge in [-0.25, -0.2) is 9.97 Å². The van der Waals surface area contributed by atoms with Gasteiger partial charge in [-0.3, -0.25) is 14.6 Å². The quantitative estimate of drug-likeness (QED) is 0.395. The Bertz CT molecular complexity index is 1430. The van der Waals surface area contributed by atoms with Crippen LogP contribution in [-0.2, 0) is 11.2 Å². The van der Waals surface area contributed by atoms with E-state index in [0.717, 1.165) is 24.3 Å². The van der Waals surface area contributed by atoms with Gasteiger partial charge in [0.05, 0.1) is 17.4 Å². The predicted molar refractivity (Wildman–Crippen MR) is 154 cm³/mol. The molecule has 0 radical (unpaired) electrons. The van der Waals surface area contributed by atoms with Crippen molar-refractivity contribution in [1.82, 2.24) is 19.9 Å². The van der Waals surface area contributed by atoms with E-state index < -0.39 is 5.91 Å². The third kappa shape index (κ3) is 5.60. The summed E-state index contributed by atoms with van der Waals surface area (Å²) in [5, 5.41) is 6.74. The number of nitrogens with one attached hydrogen (secondary N) is 2. The minimum atomic E-state index is -0.649. The molecule has 2 amide bonds. The lowest BCUT2D eigenvalue weighted by Crippen LogP contribution is -2.58. The molecule has 0 spiro atoms. The average molecular weight is 559 g/mol. The first-order valence-corrected chi connectivity index (χ1v) is 14.0. The number of carbonyl (C=O) groups excluding carboxylic acids is 2. The van der Waals surface area contributed by atoms with Crippen LogP contribution < -0.4 is 26.0 Å². The molecule has 41 heavy (non-hydrogen) atoms. The van der Waals surface area contributed by atoms with Gasteiger partial charge in [0.1, 0.15) is 12.4 Å². The highest BCUT2D eigenvalue weighted by Crippen LogP contribution is 2.38. The highest BCUT2D eigenvalue weighted by molar-refractivity contribution is 5.97. The molecule has 1 aromatic carbocycles. The second-order valence-electron chi connectivity index (χ2n) is 10.4. The van der Waals surface area contributed by atoms with Gasteiger partial charge in [0.15, 0.2) is 17.3 Å². The summed E-state index contributed by atoms with van der Waals surface area (Å²) in [6, 6.07) is 9.56. The second-order valence-corrected chi connectivity index (χ2v) is 10.4. The number of primary amides is 1. The van der Waals surface area contributed by atoms with Crippen LogP contribution in [0.1, 0.15) is 46.3 Å². The number of nitrogens with zero attached hydrogens (tertiary/aromatic N) is 5. The van der Waals surface area contributed by atoms with Gasteiger partial charge < -0.3 is 35.6 Å². The van der Waals surface area contributed by atoms with Crippen molar-refractivity contribution >= 4 is 34.8 Å². The fourth-order valence-electron chi connectivity index (χ4n) is 5.57. The van der Waals surface area contributed by atoms with Gasteiger partial charge in [-0.05, 0) is 43.5 Å². The van der Waals surface area contributed by atoms with E-state index in [9.17, 15) is 9.59 Å². The van der Waals surface area contributed by atoms with Crippen molar-refractivity contribution in [2.24, 2.45) is 5.73 Å². The number of rotatable bonds is 7. The zero-order valence-corrected chi connectivity index (χ0v) is 23.0. The molecule has 2 aromatic heterocycles. The van der Waals surface area contributed by atoms with Crippen LogP contribution in [0, 0.1) is 0 Å². The normalized spacial score (nSPS) is 18.6. The molecule has 6 rings (SSSR count). The number of nitrogens with two attached hydrogens (primary N) is 1. The summed E-state index contributed by atoms with van der Waals surface area (Å²) in [5.74, 6) is 1.01. The molecule has 3 aliphatic rings. The summed E-state index contributed by atoms with van der Waals surface area (Å²) < 4.78 is 11.6. The van der Waals surface area contributed by atoms with Crippen LogP contribution in [0.5, 0.6) is 5.75 Å². The number of amides is 2. The Hall–Kier alpha value is -4.45. The minimum absolute atomic E-state index is 0.00327. The molecule has 0 bridgehead atoms. The Balaban J connectivity index is 1.20. The number of ether oxygens (including phenoxy) is 2. The second kappa shape index (κ2) is 11.6. The van der Waals surface area contributed by atoms with Crippen LogP contribution in [-0.4, -0.2) is 83.2 Å². The topological polar surface area (TPSA) is 148 Å². The maximum absolute atomic E-state index is 13.0. The molecule has 214 valence electrons. The van der Waals surface area contributed by atoms with Crippen LogP contribution in [0.25, 0.3) is 0 Å². The van der Waals surface area contributed by atoms with E-state index in [1.807, 2.05) is 30.0 Å². The van der Waals surface area contributed by atoms with Gasteiger partial charge in [-0.2, -0.15) is 0 Å². The maximum atomic E-state index is 13.0. The molecule has 3 aromatic rings. The SMILES string of the molecule is CCc1nc(C(N)=O)c(Nc2ccc3c(c2)OCC2CN(C(=O)c4ccncc4)CCN32)nc1NC1CCOCC1. The zero-order chi connectivity index (χ0) is 28.3. The largest absolute Gasteiger partial charge is 0.489 e. The molecule has 1 atom stereocenters. The van der Waals surface area contributed by atoms with Gasteiger partial charge in [0, 0.05) is 68.6 Å². The molecule has 12 heteroatoms. The van der Waals surface area contributed by atoms with E-state index in [1.54, 1.807) is 24.5 Å². The van der Waals surface area contributed by atoms with E-state index >= 15 is 0 Å². The van der Waals surface area contributed by atoms with Gasteiger partial charge in [-0.15, -0.1) is 0 Å². The Labute approximate surface area is 238 Å². The van der Waals surface area contributed by atoms with E-state index in [0.29, 0.717) is 74.5 Å². The lowest BCUT2D eigenvalue weighted by atomic mass is 10.1. The summed E-state index contributed by atoms with van der Waals surface area (Å²) in [6.07, 6.45) is 5.62. The van der Waals surface area contributed by atoms with Gasteiger partial charge >= 0.3 is 0 Å². The highest BCUT2D eigenvalue weighted by atomic mass is 16.5. The highest BCUT2D eigenvalue weighted by Gasteiger charge is 2.35. The number of hydrogen-bond acceptors (Lipinski definition) is 10. The Morgan fingerprint density at radius 1 is 1.07 bits per heavy atom. The molecule has 0 aliphatic carbocycles. The molecule has 4 N–H and O–H groups in total.